The molecule has 0 fully saturated rings. The number of hydrogen-bond acceptors (Lipinski definition) is 1. The van der Waals surface area contributed by atoms with Crippen molar-refractivity contribution in [1.82, 2.24) is 0 Å². The number of hydrogen-bond donors (Lipinski definition) is 1. The molecular weight excluding hydrogens is 333 g/mol. The second-order valence-corrected chi connectivity index (χ2v) is 5.28. The van der Waals surface area contributed by atoms with Crippen molar-refractivity contribution < 1.29 is 9.18 Å². The zero-order chi connectivity index (χ0) is 14.0. The first kappa shape index (κ1) is 14.0. The van der Waals surface area contributed by atoms with Crippen LogP contribution in [0.15, 0.2) is 40.9 Å². The molecular formula is C14H10BrClFNO. The molecule has 0 saturated heterocycles. The van der Waals surface area contributed by atoms with E-state index < -0.39 is 11.7 Å². The van der Waals surface area contributed by atoms with Gasteiger partial charge in [-0.25, -0.2) is 4.39 Å². The first-order valence-corrected chi connectivity index (χ1v) is 6.67. The van der Waals surface area contributed by atoms with Crippen LogP contribution in [0.2, 0.25) is 5.02 Å². The minimum atomic E-state index is -0.602. The highest BCUT2D eigenvalue weighted by molar-refractivity contribution is 9.10. The Morgan fingerprint density at radius 1 is 1.32 bits per heavy atom. The largest absolute Gasteiger partial charge is 0.322 e. The van der Waals surface area contributed by atoms with Crippen LogP contribution in [0.5, 0.6) is 0 Å². The van der Waals surface area contributed by atoms with E-state index in [-0.39, 0.29) is 5.56 Å². The van der Waals surface area contributed by atoms with E-state index in [1.54, 1.807) is 12.1 Å². The first-order valence-electron chi connectivity index (χ1n) is 5.50. The van der Waals surface area contributed by atoms with Gasteiger partial charge in [-0.2, -0.15) is 0 Å². The van der Waals surface area contributed by atoms with Gasteiger partial charge in [-0.05, 0) is 42.8 Å². The molecule has 0 aromatic heterocycles. The molecule has 19 heavy (non-hydrogen) atoms. The molecule has 2 aromatic carbocycles. The summed E-state index contributed by atoms with van der Waals surface area (Å²) in [5.41, 5.74) is 1.42. The highest BCUT2D eigenvalue weighted by Gasteiger charge is 2.13. The van der Waals surface area contributed by atoms with Crippen molar-refractivity contribution in [3.63, 3.8) is 0 Å². The fraction of sp³-hybridized carbons (Fsp3) is 0.0714. The highest BCUT2D eigenvalue weighted by atomic mass is 79.9. The summed E-state index contributed by atoms with van der Waals surface area (Å²) >= 11 is 9.14. The van der Waals surface area contributed by atoms with Crippen molar-refractivity contribution in [2.45, 2.75) is 6.92 Å². The molecule has 0 saturated carbocycles. The Hall–Kier alpha value is -1.39. The normalized spacial score (nSPS) is 10.3. The molecule has 0 atom stereocenters. The molecule has 2 nitrogen and oxygen atoms in total. The Balaban J connectivity index is 2.31. The fourth-order valence-corrected chi connectivity index (χ4v) is 2.14. The lowest BCUT2D eigenvalue weighted by atomic mass is 10.1. The molecule has 0 spiro atoms. The molecule has 1 N–H and O–H groups in total. The fourth-order valence-electron chi connectivity index (χ4n) is 1.60. The monoisotopic (exact) mass is 341 g/mol. The molecule has 0 unspecified atom stereocenters. The summed E-state index contributed by atoms with van der Waals surface area (Å²) in [6.45, 7) is 1.86. The van der Waals surface area contributed by atoms with Crippen molar-refractivity contribution in [3.05, 3.63) is 62.8 Å². The van der Waals surface area contributed by atoms with E-state index in [4.69, 9.17) is 11.6 Å². The molecule has 0 heterocycles. The topological polar surface area (TPSA) is 29.1 Å². The van der Waals surface area contributed by atoms with E-state index >= 15 is 0 Å². The van der Waals surface area contributed by atoms with Gasteiger partial charge in [-0.15, -0.1) is 0 Å². The molecule has 0 radical (unpaired) electrons. The van der Waals surface area contributed by atoms with Gasteiger partial charge in [-0.3, -0.25) is 4.79 Å². The van der Waals surface area contributed by atoms with Gasteiger partial charge in [0, 0.05) is 15.2 Å². The van der Waals surface area contributed by atoms with Gasteiger partial charge < -0.3 is 5.32 Å². The average Bonchev–Trinajstić information content (AvgIpc) is 2.38. The smallest absolute Gasteiger partial charge is 0.258 e. The number of amides is 1. The number of nitrogens with one attached hydrogen (secondary N) is 1. The van der Waals surface area contributed by atoms with Crippen LogP contribution in [0.4, 0.5) is 10.1 Å². The summed E-state index contributed by atoms with van der Waals surface area (Å²) in [6, 6.07) is 9.29. The summed E-state index contributed by atoms with van der Waals surface area (Å²) in [7, 11) is 0. The van der Waals surface area contributed by atoms with E-state index in [1.807, 2.05) is 13.0 Å². The minimum Gasteiger partial charge on any atom is -0.322 e. The number of carbonyl (C=O) groups excluding carboxylic acids is 1. The van der Waals surface area contributed by atoms with E-state index in [0.717, 1.165) is 10.0 Å². The standard InChI is InChI=1S/C14H10BrClFNO/c1-8-11(15)3-2-4-13(8)18-14(19)10-7-9(16)5-6-12(10)17/h2-7H,1H3,(H,18,19). The number of benzene rings is 2. The Morgan fingerprint density at radius 3 is 2.79 bits per heavy atom. The zero-order valence-corrected chi connectivity index (χ0v) is 12.3. The molecule has 5 heteroatoms. The van der Waals surface area contributed by atoms with Gasteiger partial charge >= 0.3 is 0 Å². The highest BCUT2D eigenvalue weighted by Crippen LogP contribution is 2.24. The van der Waals surface area contributed by atoms with E-state index in [1.165, 1.54) is 18.2 Å². The summed E-state index contributed by atoms with van der Waals surface area (Å²) < 4.78 is 14.4. The van der Waals surface area contributed by atoms with E-state index in [9.17, 15) is 9.18 Å². The predicted octanol–water partition coefficient (Wildman–Crippen LogP) is 4.80. The third-order valence-electron chi connectivity index (χ3n) is 2.69. The predicted molar refractivity (Wildman–Crippen MR) is 78.2 cm³/mol. The maximum absolute atomic E-state index is 13.6. The number of halogens is 3. The third kappa shape index (κ3) is 3.14. The third-order valence-corrected chi connectivity index (χ3v) is 3.78. The SMILES string of the molecule is Cc1c(Br)cccc1NC(=O)c1cc(Cl)ccc1F. The number of carbonyl (C=O) groups is 1. The van der Waals surface area contributed by atoms with Gasteiger partial charge in [0.2, 0.25) is 0 Å². The van der Waals surface area contributed by atoms with Gasteiger partial charge in [0.1, 0.15) is 5.82 Å². The molecule has 0 aliphatic heterocycles. The van der Waals surface area contributed by atoms with Gasteiger partial charge in [0.15, 0.2) is 0 Å². The van der Waals surface area contributed by atoms with Crippen LogP contribution < -0.4 is 5.32 Å². The Morgan fingerprint density at radius 2 is 2.05 bits per heavy atom. The Bertz CT molecular complexity index is 645. The van der Waals surface area contributed by atoms with Crippen LogP contribution in [-0.2, 0) is 0 Å². The van der Waals surface area contributed by atoms with Crippen LogP contribution in [0, 0.1) is 12.7 Å². The van der Waals surface area contributed by atoms with Crippen LogP contribution >= 0.6 is 27.5 Å². The Kier molecular flexibility index (Phi) is 4.22. The van der Waals surface area contributed by atoms with Crippen LogP contribution in [0.3, 0.4) is 0 Å². The van der Waals surface area contributed by atoms with Gasteiger partial charge in [0.05, 0.1) is 5.56 Å². The van der Waals surface area contributed by atoms with Crippen molar-refractivity contribution in [2.24, 2.45) is 0 Å². The van der Waals surface area contributed by atoms with Crippen LogP contribution in [0.25, 0.3) is 0 Å². The number of anilines is 1. The van der Waals surface area contributed by atoms with Crippen molar-refractivity contribution in [3.8, 4) is 0 Å². The van der Waals surface area contributed by atoms with E-state index in [2.05, 4.69) is 21.2 Å². The van der Waals surface area contributed by atoms with Gasteiger partial charge in [0.25, 0.3) is 5.91 Å². The summed E-state index contributed by atoms with van der Waals surface area (Å²) in [5, 5.41) is 2.98. The lowest BCUT2D eigenvalue weighted by Crippen LogP contribution is -2.14. The molecule has 0 aliphatic rings. The second-order valence-electron chi connectivity index (χ2n) is 3.99. The summed E-state index contributed by atoms with van der Waals surface area (Å²) in [4.78, 5) is 12.0. The number of rotatable bonds is 2. The maximum atomic E-state index is 13.6. The second kappa shape index (κ2) is 5.72. The quantitative estimate of drug-likeness (QED) is 0.834. The molecule has 0 bridgehead atoms. The molecule has 0 aliphatic carbocycles. The average molecular weight is 343 g/mol. The Labute approximate surface area is 123 Å². The van der Waals surface area contributed by atoms with Crippen LogP contribution in [-0.4, -0.2) is 5.91 Å². The minimum absolute atomic E-state index is 0.0770. The molecule has 2 rings (SSSR count). The molecule has 1 amide bonds. The van der Waals surface area contributed by atoms with Crippen molar-refractivity contribution >= 4 is 39.1 Å². The summed E-state index contributed by atoms with van der Waals surface area (Å²) in [5.74, 6) is -1.13. The van der Waals surface area contributed by atoms with Crippen molar-refractivity contribution in [2.75, 3.05) is 5.32 Å². The van der Waals surface area contributed by atoms with Gasteiger partial charge in [-0.1, -0.05) is 33.6 Å². The lowest BCUT2D eigenvalue weighted by molar-refractivity contribution is 0.102. The van der Waals surface area contributed by atoms with Crippen LogP contribution in [0.1, 0.15) is 15.9 Å². The molecule has 2 aromatic rings. The first-order chi connectivity index (χ1) is 8.99. The van der Waals surface area contributed by atoms with E-state index in [0.29, 0.717) is 10.7 Å². The molecule has 98 valence electrons. The maximum Gasteiger partial charge on any atom is 0.258 e. The summed E-state index contributed by atoms with van der Waals surface area (Å²) in [6.07, 6.45) is 0. The van der Waals surface area contributed by atoms with Crippen molar-refractivity contribution in [1.29, 1.82) is 0 Å². The lowest BCUT2D eigenvalue weighted by Gasteiger charge is -2.10. The zero-order valence-electron chi connectivity index (χ0n) is 10.0.